The fraction of sp³-hybridized carbons (Fsp3) is 1.00. The van der Waals surface area contributed by atoms with Crippen LogP contribution in [0.25, 0.3) is 0 Å². The second kappa shape index (κ2) is 1.95. The summed E-state index contributed by atoms with van der Waals surface area (Å²) in [5.74, 6) is 0. The van der Waals surface area contributed by atoms with E-state index in [1.165, 1.54) is 12.8 Å². The Kier molecular flexibility index (Phi) is 1.29. The number of hydrogen-bond acceptors (Lipinski definition) is 2. The zero-order chi connectivity index (χ0) is 7.19. The molecule has 0 heterocycles. The maximum atomic E-state index is 9.09. The molecule has 0 bridgehead atoms. The molecule has 2 rings (SSSR count). The number of rotatable bonds is 1. The molecular formula is C8H15NO. The summed E-state index contributed by atoms with van der Waals surface area (Å²) in [6, 6.07) is 0.743. The summed E-state index contributed by atoms with van der Waals surface area (Å²) in [7, 11) is 2.02. The summed E-state index contributed by atoms with van der Waals surface area (Å²) < 4.78 is 0. The van der Waals surface area contributed by atoms with Crippen molar-refractivity contribution in [3.05, 3.63) is 0 Å². The quantitative estimate of drug-likeness (QED) is 0.557. The molecule has 0 aromatic rings. The van der Waals surface area contributed by atoms with Gasteiger partial charge in [-0.3, -0.25) is 0 Å². The van der Waals surface area contributed by atoms with E-state index in [-0.39, 0.29) is 6.10 Å². The van der Waals surface area contributed by atoms with Gasteiger partial charge in [0.25, 0.3) is 0 Å². The van der Waals surface area contributed by atoms with Crippen LogP contribution < -0.4 is 5.32 Å². The topological polar surface area (TPSA) is 32.3 Å². The maximum Gasteiger partial charge on any atom is 0.0550 e. The molecule has 0 aromatic carbocycles. The smallest absolute Gasteiger partial charge is 0.0550 e. The van der Waals surface area contributed by atoms with E-state index in [4.69, 9.17) is 5.11 Å². The summed E-state index contributed by atoms with van der Waals surface area (Å²) in [6.07, 6.45) is 4.73. The molecule has 10 heavy (non-hydrogen) atoms. The third-order valence-electron chi connectivity index (χ3n) is 3.10. The van der Waals surface area contributed by atoms with Crippen molar-refractivity contribution in [1.29, 1.82) is 0 Å². The van der Waals surface area contributed by atoms with Crippen molar-refractivity contribution in [2.75, 3.05) is 7.05 Å². The van der Waals surface area contributed by atoms with Crippen LogP contribution in [0.5, 0.6) is 0 Å². The molecule has 0 aromatic heterocycles. The Balaban J connectivity index is 1.80. The van der Waals surface area contributed by atoms with E-state index >= 15 is 0 Å². The zero-order valence-electron chi connectivity index (χ0n) is 6.43. The molecule has 0 unspecified atom stereocenters. The Labute approximate surface area is 61.6 Å². The number of aliphatic hydroxyl groups excluding tert-OH is 1. The van der Waals surface area contributed by atoms with Crippen molar-refractivity contribution < 1.29 is 5.11 Å². The van der Waals surface area contributed by atoms with Crippen molar-refractivity contribution >= 4 is 0 Å². The summed E-state index contributed by atoms with van der Waals surface area (Å²) >= 11 is 0. The monoisotopic (exact) mass is 141 g/mol. The molecule has 0 saturated heterocycles. The highest BCUT2D eigenvalue weighted by molar-refractivity contribution is 5.05. The minimum Gasteiger partial charge on any atom is -0.393 e. The molecule has 58 valence electrons. The predicted octanol–water partition coefficient (Wildman–Crippen LogP) is 0.509. The van der Waals surface area contributed by atoms with E-state index in [0.29, 0.717) is 5.41 Å². The van der Waals surface area contributed by atoms with Gasteiger partial charge in [0.05, 0.1) is 6.10 Å². The van der Waals surface area contributed by atoms with Crippen LogP contribution >= 0.6 is 0 Å². The van der Waals surface area contributed by atoms with Gasteiger partial charge in [0, 0.05) is 6.04 Å². The molecule has 2 nitrogen and oxygen atoms in total. The predicted molar refractivity (Wildman–Crippen MR) is 39.8 cm³/mol. The molecule has 0 amide bonds. The van der Waals surface area contributed by atoms with Gasteiger partial charge in [-0.2, -0.15) is 0 Å². The summed E-state index contributed by atoms with van der Waals surface area (Å²) in [6.45, 7) is 0. The van der Waals surface area contributed by atoms with Crippen molar-refractivity contribution in [3.63, 3.8) is 0 Å². The Hall–Kier alpha value is -0.0800. The molecule has 1 spiro atoms. The molecule has 2 heteroatoms. The number of nitrogens with one attached hydrogen (secondary N) is 1. The van der Waals surface area contributed by atoms with Crippen molar-refractivity contribution in [1.82, 2.24) is 5.32 Å². The number of hydrogen-bond donors (Lipinski definition) is 2. The fourth-order valence-corrected chi connectivity index (χ4v) is 2.46. The highest BCUT2D eigenvalue weighted by atomic mass is 16.3. The first-order valence-electron chi connectivity index (χ1n) is 4.09. The van der Waals surface area contributed by atoms with E-state index in [9.17, 15) is 0 Å². The largest absolute Gasteiger partial charge is 0.393 e. The van der Waals surface area contributed by atoms with E-state index in [1.807, 2.05) is 7.05 Å². The lowest BCUT2D eigenvalue weighted by Gasteiger charge is -2.56. The Bertz CT molecular complexity index is 132. The lowest BCUT2D eigenvalue weighted by atomic mass is 9.53. The molecule has 2 N–H and O–H groups in total. The van der Waals surface area contributed by atoms with Gasteiger partial charge in [0.2, 0.25) is 0 Å². The maximum absolute atomic E-state index is 9.09. The molecule has 2 fully saturated rings. The van der Waals surface area contributed by atoms with Crippen LogP contribution in [0.4, 0.5) is 0 Å². The molecular weight excluding hydrogens is 126 g/mol. The van der Waals surface area contributed by atoms with Crippen molar-refractivity contribution in [2.45, 2.75) is 37.8 Å². The average molecular weight is 141 g/mol. The highest BCUT2D eigenvalue weighted by Crippen LogP contribution is 2.55. The van der Waals surface area contributed by atoms with Gasteiger partial charge in [-0.05, 0) is 38.1 Å². The number of aliphatic hydroxyl groups is 1. The lowest BCUT2D eigenvalue weighted by molar-refractivity contribution is -0.0957. The molecule has 0 atom stereocenters. The van der Waals surface area contributed by atoms with E-state index < -0.39 is 0 Å². The first kappa shape index (κ1) is 6.62. The SMILES string of the molecule is CNC1CC2(CC(O)C2)C1. The first-order chi connectivity index (χ1) is 4.74. The third-order valence-corrected chi connectivity index (χ3v) is 3.10. The average Bonchev–Trinajstić information content (AvgIpc) is 1.74. The van der Waals surface area contributed by atoms with Crippen LogP contribution in [0, 0.1) is 5.41 Å². The second-order valence-electron chi connectivity index (χ2n) is 3.96. The van der Waals surface area contributed by atoms with Gasteiger partial charge in [-0.25, -0.2) is 0 Å². The summed E-state index contributed by atoms with van der Waals surface area (Å²) in [5, 5.41) is 12.3. The second-order valence-corrected chi connectivity index (χ2v) is 3.96. The summed E-state index contributed by atoms with van der Waals surface area (Å²) in [5.41, 5.74) is 0.576. The molecule has 2 aliphatic rings. The van der Waals surface area contributed by atoms with E-state index in [1.54, 1.807) is 0 Å². The van der Waals surface area contributed by atoms with Crippen LogP contribution in [0.2, 0.25) is 0 Å². The van der Waals surface area contributed by atoms with Gasteiger partial charge in [0.15, 0.2) is 0 Å². The molecule has 0 aliphatic heterocycles. The van der Waals surface area contributed by atoms with E-state index in [0.717, 1.165) is 18.9 Å². The Morgan fingerprint density at radius 3 is 2.30 bits per heavy atom. The van der Waals surface area contributed by atoms with E-state index in [2.05, 4.69) is 5.32 Å². The molecule has 2 aliphatic carbocycles. The Morgan fingerprint density at radius 1 is 1.30 bits per heavy atom. The minimum atomic E-state index is 0.0257. The lowest BCUT2D eigenvalue weighted by Crippen LogP contribution is -2.55. The normalized spacial score (nSPS) is 52.2. The van der Waals surface area contributed by atoms with Gasteiger partial charge in [0.1, 0.15) is 0 Å². The minimum absolute atomic E-state index is 0.0257. The van der Waals surface area contributed by atoms with Crippen molar-refractivity contribution in [2.24, 2.45) is 5.41 Å². The van der Waals surface area contributed by atoms with Gasteiger partial charge in [-0.1, -0.05) is 0 Å². The van der Waals surface area contributed by atoms with Crippen LogP contribution in [0.3, 0.4) is 0 Å². The Morgan fingerprint density at radius 2 is 1.90 bits per heavy atom. The third kappa shape index (κ3) is 0.789. The molecule has 2 saturated carbocycles. The van der Waals surface area contributed by atoms with Crippen LogP contribution in [-0.4, -0.2) is 24.3 Å². The van der Waals surface area contributed by atoms with Gasteiger partial charge >= 0.3 is 0 Å². The van der Waals surface area contributed by atoms with Crippen LogP contribution in [0.1, 0.15) is 25.7 Å². The van der Waals surface area contributed by atoms with Crippen molar-refractivity contribution in [3.8, 4) is 0 Å². The fourth-order valence-electron chi connectivity index (χ4n) is 2.46. The van der Waals surface area contributed by atoms with Crippen LogP contribution in [0.15, 0.2) is 0 Å². The standard InChI is InChI=1S/C8H15NO/c1-9-6-2-8(3-6)4-7(10)5-8/h6-7,9-10H,2-5H2,1H3. The van der Waals surface area contributed by atoms with Gasteiger partial charge < -0.3 is 10.4 Å². The zero-order valence-corrected chi connectivity index (χ0v) is 6.43. The first-order valence-corrected chi connectivity index (χ1v) is 4.09. The van der Waals surface area contributed by atoms with Gasteiger partial charge in [-0.15, -0.1) is 0 Å². The highest BCUT2D eigenvalue weighted by Gasteiger charge is 2.51. The molecule has 0 radical (unpaired) electrons. The van der Waals surface area contributed by atoms with Crippen LogP contribution in [-0.2, 0) is 0 Å². The summed E-state index contributed by atoms with van der Waals surface area (Å²) in [4.78, 5) is 0.